The van der Waals surface area contributed by atoms with E-state index in [2.05, 4.69) is 6.92 Å². The van der Waals surface area contributed by atoms with E-state index in [1.165, 1.54) is 0 Å². The molecule has 0 N–H and O–H groups in total. The summed E-state index contributed by atoms with van der Waals surface area (Å²) in [4.78, 5) is 23.5. The summed E-state index contributed by atoms with van der Waals surface area (Å²) in [5.41, 5.74) is -0.536. The van der Waals surface area contributed by atoms with Crippen molar-refractivity contribution in [1.82, 2.24) is 0 Å². The van der Waals surface area contributed by atoms with Gasteiger partial charge in [-0.15, -0.1) is 0 Å². The van der Waals surface area contributed by atoms with E-state index in [4.69, 9.17) is 9.47 Å². The zero-order chi connectivity index (χ0) is 14.2. The summed E-state index contributed by atoms with van der Waals surface area (Å²) >= 11 is 0. The van der Waals surface area contributed by atoms with Gasteiger partial charge in [-0.25, -0.2) is 4.79 Å². The summed E-state index contributed by atoms with van der Waals surface area (Å²) < 4.78 is 10.2. The van der Waals surface area contributed by atoms with E-state index in [1.807, 2.05) is 0 Å². The topological polar surface area (TPSA) is 52.6 Å². The molecular formula is C15H24O4. The molecule has 0 aromatic carbocycles. The second-order valence-corrected chi connectivity index (χ2v) is 7.01. The Morgan fingerprint density at radius 2 is 1.79 bits per heavy atom. The van der Waals surface area contributed by atoms with Gasteiger partial charge in [0.05, 0.1) is 5.92 Å². The molecule has 2 bridgehead atoms. The van der Waals surface area contributed by atoms with Crippen molar-refractivity contribution in [3.05, 3.63) is 0 Å². The van der Waals surface area contributed by atoms with E-state index in [1.54, 1.807) is 20.8 Å². The van der Waals surface area contributed by atoms with Gasteiger partial charge >= 0.3 is 11.9 Å². The molecular weight excluding hydrogens is 244 g/mol. The van der Waals surface area contributed by atoms with E-state index >= 15 is 0 Å². The summed E-state index contributed by atoms with van der Waals surface area (Å²) in [5, 5.41) is 0. The number of carbonyl (C=O) groups is 2. The van der Waals surface area contributed by atoms with E-state index in [9.17, 15) is 9.59 Å². The molecule has 2 aliphatic carbocycles. The largest absolute Gasteiger partial charge is 0.457 e. The Balaban J connectivity index is 1.76. The molecule has 0 spiro atoms. The molecule has 4 heteroatoms. The first-order chi connectivity index (χ1) is 8.76. The molecule has 2 fully saturated rings. The predicted octanol–water partition coefficient (Wildman–Crippen LogP) is 2.55. The predicted molar refractivity (Wildman–Crippen MR) is 70.3 cm³/mol. The van der Waals surface area contributed by atoms with E-state index in [0.717, 1.165) is 25.2 Å². The zero-order valence-electron chi connectivity index (χ0n) is 12.3. The summed E-state index contributed by atoms with van der Waals surface area (Å²) in [6.07, 6.45) is 3.20. The highest BCUT2D eigenvalue weighted by molar-refractivity contribution is 5.78. The van der Waals surface area contributed by atoms with Crippen LogP contribution in [0.2, 0.25) is 0 Å². The molecule has 4 nitrogen and oxygen atoms in total. The minimum Gasteiger partial charge on any atom is -0.457 e. The fourth-order valence-electron chi connectivity index (χ4n) is 3.46. The number of carbonyl (C=O) groups excluding carboxylic acids is 2. The number of ether oxygens (including phenoxy) is 2. The minimum atomic E-state index is -0.536. The maximum Gasteiger partial charge on any atom is 0.344 e. The first-order valence-electron chi connectivity index (χ1n) is 7.15. The van der Waals surface area contributed by atoms with Crippen LogP contribution < -0.4 is 0 Å². The summed E-state index contributed by atoms with van der Waals surface area (Å²) in [5.74, 6) is 1.18. The normalized spacial score (nSPS) is 33.3. The van der Waals surface area contributed by atoms with Gasteiger partial charge in [-0.3, -0.25) is 4.79 Å². The lowest BCUT2D eigenvalue weighted by Crippen LogP contribution is -2.30. The third kappa shape index (κ3) is 3.48. The molecule has 0 heterocycles. The quantitative estimate of drug-likeness (QED) is 0.738. The van der Waals surface area contributed by atoms with Gasteiger partial charge in [0.2, 0.25) is 0 Å². The Hall–Kier alpha value is -1.06. The van der Waals surface area contributed by atoms with Crippen molar-refractivity contribution >= 4 is 11.9 Å². The van der Waals surface area contributed by atoms with Gasteiger partial charge in [-0.2, -0.15) is 0 Å². The molecule has 0 saturated heterocycles. The Kier molecular flexibility index (Phi) is 3.88. The maximum absolute atomic E-state index is 12.0. The van der Waals surface area contributed by atoms with Crippen molar-refractivity contribution in [1.29, 1.82) is 0 Å². The van der Waals surface area contributed by atoms with E-state index in [0.29, 0.717) is 11.8 Å². The number of esters is 2. The fourth-order valence-corrected chi connectivity index (χ4v) is 3.46. The van der Waals surface area contributed by atoms with Gasteiger partial charge < -0.3 is 9.47 Å². The molecule has 0 amide bonds. The van der Waals surface area contributed by atoms with E-state index < -0.39 is 11.6 Å². The summed E-state index contributed by atoms with van der Waals surface area (Å²) in [6, 6.07) is 0. The van der Waals surface area contributed by atoms with Crippen LogP contribution in [0.15, 0.2) is 0 Å². The van der Waals surface area contributed by atoms with Crippen LogP contribution in [0.5, 0.6) is 0 Å². The van der Waals surface area contributed by atoms with Gasteiger partial charge in [0.1, 0.15) is 5.60 Å². The van der Waals surface area contributed by atoms with Crippen molar-refractivity contribution < 1.29 is 19.1 Å². The average Bonchev–Trinajstić information content (AvgIpc) is 2.82. The van der Waals surface area contributed by atoms with Crippen LogP contribution in [-0.2, 0) is 19.1 Å². The summed E-state index contributed by atoms with van der Waals surface area (Å²) in [6.45, 7) is 7.38. The number of hydrogen-bond acceptors (Lipinski definition) is 4. The van der Waals surface area contributed by atoms with Gasteiger partial charge in [0.15, 0.2) is 6.61 Å². The third-order valence-electron chi connectivity index (χ3n) is 4.27. The Morgan fingerprint density at radius 3 is 2.26 bits per heavy atom. The lowest BCUT2D eigenvalue weighted by molar-refractivity contribution is -0.169. The van der Waals surface area contributed by atoms with Crippen LogP contribution in [-0.4, -0.2) is 24.1 Å². The minimum absolute atomic E-state index is 0.00337. The smallest absolute Gasteiger partial charge is 0.344 e. The Morgan fingerprint density at radius 1 is 1.11 bits per heavy atom. The molecule has 108 valence electrons. The molecule has 4 atom stereocenters. The molecule has 0 radical (unpaired) electrons. The molecule has 0 aromatic rings. The van der Waals surface area contributed by atoms with Crippen molar-refractivity contribution in [2.24, 2.45) is 23.7 Å². The lowest BCUT2D eigenvalue weighted by Gasteiger charge is -2.24. The first kappa shape index (κ1) is 14.4. The highest BCUT2D eigenvalue weighted by atomic mass is 16.6. The molecule has 0 aliphatic heterocycles. The van der Waals surface area contributed by atoms with Crippen LogP contribution in [0.4, 0.5) is 0 Å². The van der Waals surface area contributed by atoms with Crippen molar-refractivity contribution in [3.63, 3.8) is 0 Å². The molecule has 19 heavy (non-hydrogen) atoms. The SMILES string of the molecule is CC1CC2CC1CC2C(=O)OCC(=O)OC(C)(C)C. The van der Waals surface area contributed by atoms with Gasteiger partial charge in [0, 0.05) is 0 Å². The molecule has 0 aromatic heterocycles. The molecule has 2 rings (SSSR count). The Bertz CT molecular complexity index is 367. The third-order valence-corrected chi connectivity index (χ3v) is 4.27. The van der Waals surface area contributed by atoms with Crippen LogP contribution in [0.3, 0.4) is 0 Å². The van der Waals surface area contributed by atoms with Crippen LogP contribution >= 0.6 is 0 Å². The number of hydrogen-bond donors (Lipinski definition) is 0. The van der Waals surface area contributed by atoms with E-state index in [-0.39, 0.29) is 18.5 Å². The number of fused-ring (bicyclic) bond motifs is 2. The van der Waals surface area contributed by atoms with Crippen molar-refractivity contribution in [2.45, 2.75) is 52.6 Å². The van der Waals surface area contributed by atoms with Crippen LogP contribution in [0.25, 0.3) is 0 Å². The average molecular weight is 268 g/mol. The van der Waals surface area contributed by atoms with Gasteiger partial charge in [0.25, 0.3) is 0 Å². The standard InChI is InChI=1S/C15H24O4/c1-9-5-11-6-10(9)7-12(11)14(17)18-8-13(16)19-15(2,3)4/h9-12H,5-8H2,1-4H3. The first-order valence-corrected chi connectivity index (χ1v) is 7.15. The maximum atomic E-state index is 12.0. The van der Waals surface area contributed by atoms with Crippen molar-refractivity contribution in [3.8, 4) is 0 Å². The van der Waals surface area contributed by atoms with Gasteiger partial charge in [-0.1, -0.05) is 6.92 Å². The number of rotatable bonds is 3. The highest BCUT2D eigenvalue weighted by Gasteiger charge is 2.47. The highest BCUT2D eigenvalue weighted by Crippen LogP contribution is 2.51. The summed E-state index contributed by atoms with van der Waals surface area (Å²) in [7, 11) is 0. The zero-order valence-corrected chi connectivity index (χ0v) is 12.3. The van der Waals surface area contributed by atoms with Crippen LogP contribution in [0, 0.1) is 23.7 Å². The van der Waals surface area contributed by atoms with Gasteiger partial charge in [-0.05, 0) is 57.8 Å². The molecule has 2 saturated carbocycles. The lowest BCUT2D eigenvalue weighted by atomic mass is 9.83. The van der Waals surface area contributed by atoms with Crippen molar-refractivity contribution in [2.75, 3.05) is 6.61 Å². The fraction of sp³-hybridized carbons (Fsp3) is 0.867. The second kappa shape index (κ2) is 5.14. The molecule has 4 unspecified atom stereocenters. The second-order valence-electron chi connectivity index (χ2n) is 7.01. The van der Waals surface area contributed by atoms with Crippen LogP contribution in [0.1, 0.15) is 47.0 Å². The Labute approximate surface area is 114 Å². The monoisotopic (exact) mass is 268 g/mol. The molecule has 2 aliphatic rings.